The predicted octanol–water partition coefficient (Wildman–Crippen LogP) is 3.23. The standard InChI is InChI=1S/C18H22O3/c1-3-4-7-18-9-12-8-13(19)5-6-14(12)16(18)11(2)17(21)15(20)10-18/h5-6,8,15,19-20H,3-4,7,9-10H2,1-2H3/t15-,18+/m0/s1. The molecule has 0 radical (unpaired) electrons. The summed E-state index contributed by atoms with van der Waals surface area (Å²) in [5.41, 5.74) is 3.86. The zero-order valence-electron chi connectivity index (χ0n) is 12.6. The first-order valence-electron chi connectivity index (χ1n) is 7.74. The second-order valence-electron chi connectivity index (χ2n) is 6.49. The van der Waals surface area contributed by atoms with Crippen molar-refractivity contribution in [3.05, 3.63) is 34.9 Å². The van der Waals surface area contributed by atoms with Crippen LogP contribution in [-0.4, -0.2) is 22.1 Å². The SMILES string of the molecule is CCCC[C@]12Cc3cc(O)ccc3C1=C(C)C(=O)[C@@H](O)C2. The van der Waals surface area contributed by atoms with Crippen LogP contribution in [0, 0.1) is 5.41 Å². The number of rotatable bonds is 3. The summed E-state index contributed by atoms with van der Waals surface area (Å²) in [7, 11) is 0. The summed E-state index contributed by atoms with van der Waals surface area (Å²) in [5, 5.41) is 19.9. The Morgan fingerprint density at radius 2 is 2.14 bits per heavy atom. The second kappa shape index (κ2) is 4.99. The topological polar surface area (TPSA) is 57.5 Å². The van der Waals surface area contributed by atoms with Gasteiger partial charge in [-0.3, -0.25) is 4.79 Å². The number of phenolic OH excluding ortho intramolecular Hbond substituents is 1. The lowest BCUT2D eigenvalue weighted by atomic mass is 9.66. The lowest BCUT2D eigenvalue weighted by molar-refractivity contribution is -0.125. The molecule has 3 nitrogen and oxygen atoms in total. The molecule has 0 aliphatic heterocycles. The predicted molar refractivity (Wildman–Crippen MR) is 82.0 cm³/mol. The van der Waals surface area contributed by atoms with Crippen LogP contribution in [0.3, 0.4) is 0 Å². The first-order valence-corrected chi connectivity index (χ1v) is 7.74. The fourth-order valence-electron chi connectivity index (χ4n) is 4.15. The molecule has 0 spiro atoms. The number of phenols is 1. The smallest absolute Gasteiger partial charge is 0.187 e. The quantitative estimate of drug-likeness (QED) is 0.897. The molecule has 0 aromatic heterocycles. The number of aliphatic hydroxyl groups excluding tert-OH is 1. The highest BCUT2D eigenvalue weighted by molar-refractivity contribution is 6.08. The number of carbonyl (C=O) groups is 1. The highest BCUT2D eigenvalue weighted by Crippen LogP contribution is 2.56. The molecule has 2 N–H and O–H groups in total. The van der Waals surface area contributed by atoms with Crippen LogP contribution in [0.5, 0.6) is 5.75 Å². The van der Waals surface area contributed by atoms with E-state index in [2.05, 4.69) is 6.92 Å². The molecule has 1 aromatic rings. The summed E-state index contributed by atoms with van der Waals surface area (Å²) >= 11 is 0. The maximum Gasteiger partial charge on any atom is 0.187 e. The molecule has 0 saturated heterocycles. The normalized spacial score (nSPS) is 27.8. The first kappa shape index (κ1) is 14.3. The molecule has 0 amide bonds. The van der Waals surface area contributed by atoms with Crippen LogP contribution in [0.4, 0.5) is 0 Å². The average Bonchev–Trinajstić information content (AvgIpc) is 2.76. The van der Waals surface area contributed by atoms with Gasteiger partial charge in [0, 0.05) is 5.41 Å². The van der Waals surface area contributed by atoms with Crippen molar-refractivity contribution >= 4 is 11.4 Å². The maximum atomic E-state index is 12.2. The average molecular weight is 286 g/mol. The molecule has 1 aromatic carbocycles. The number of benzene rings is 1. The Morgan fingerprint density at radius 3 is 2.86 bits per heavy atom. The van der Waals surface area contributed by atoms with E-state index in [1.54, 1.807) is 12.1 Å². The van der Waals surface area contributed by atoms with Crippen molar-refractivity contribution in [3.63, 3.8) is 0 Å². The summed E-state index contributed by atoms with van der Waals surface area (Å²) in [5.74, 6) is 0.126. The number of carbonyl (C=O) groups excluding carboxylic acids is 1. The van der Waals surface area contributed by atoms with Gasteiger partial charge in [0.25, 0.3) is 0 Å². The highest BCUT2D eigenvalue weighted by atomic mass is 16.3. The molecule has 21 heavy (non-hydrogen) atoms. The minimum Gasteiger partial charge on any atom is -0.508 e. The van der Waals surface area contributed by atoms with Gasteiger partial charge in [-0.15, -0.1) is 0 Å². The summed E-state index contributed by atoms with van der Waals surface area (Å²) in [6.45, 7) is 3.99. The number of fused-ring (bicyclic) bond motifs is 3. The number of hydrogen-bond acceptors (Lipinski definition) is 3. The number of unbranched alkanes of at least 4 members (excludes halogenated alkanes) is 1. The van der Waals surface area contributed by atoms with Gasteiger partial charge >= 0.3 is 0 Å². The Labute approximate surface area is 125 Å². The van der Waals surface area contributed by atoms with Crippen LogP contribution < -0.4 is 0 Å². The van der Waals surface area contributed by atoms with Gasteiger partial charge in [0.2, 0.25) is 0 Å². The van der Waals surface area contributed by atoms with Crippen molar-refractivity contribution in [2.45, 2.75) is 52.1 Å². The highest BCUT2D eigenvalue weighted by Gasteiger charge is 2.48. The van der Waals surface area contributed by atoms with Crippen LogP contribution in [0.1, 0.15) is 50.7 Å². The van der Waals surface area contributed by atoms with Gasteiger partial charge in [0.15, 0.2) is 5.78 Å². The van der Waals surface area contributed by atoms with Crippen LogP contribution in [-0.2, 0) is 11.2 Å². The third-order valence-electron chi connectivity index (χ3n) is 5.06. The zero-order valence-corrected chi connectivity index (χ0v) is 12.6. The minimum absolute atomic E-state index is 0.135. The van der Waals surface area contributed by atoms with Crippen molar-refractivity contribution in [3.8, 4) is 5.75 Å². The third kappa shape index (κ3) is 2.11. The second-order valence-corrected chi connectivity index (χ2v) is 6.49. The number of ketones is 1. The van der Waals surface area contributed by atoms with E-state index in [1.165, 1.54) is 0 Å². The van der Waals surface area contributed by atoms with Gasteiger partial charge in [-0.2, -0.15) is 0 Å². The summed E-state index contributed by atoms with van der Waals surface area (Å²) in [4.78, 5) is 12.2. The van der Waals surface area contributed by atoms with Crippen LogP contribution in [0.2, 0.25) is 0 Å². The van der Waals surface area contributed by atoms with E-state index >= 15 is 0 Å². The lowest BCUT2D eigenvalue weighted by Gasteiger charge is -2.38. The van der Waals surface area contributed by atoms with Crippen molar-refractivity contribution in [1.29, 1.82) is 0 Å². The molecule has 2 aliphatic carbocycles. The largest absolute Gasteiger partial charge is 0.508 e. The molecule has 0 bridgehead atoms. The summed E-state index contributed by atoms with van der Waals surface area (Å²) in [6.07, 6.45) is 3.60. The van der Waals surface area contributed by atoms with Gasteiger partial charge in [-0.25, -0.2) is 0 Å². The van der Waals surface area contributed by atoms with E-state index in [4.69, 9.17) is 0 Å². The molecule has 0 unspecified atom stereocenters. The van der Waals surface area contributed by atoms with E-state index in [0.29, 0.717) is 12.0 Å². The fraction of sp³-hybridized carbons (Fsp3) is 0.500. The van der Waals surface area contributed by atoms with Crippen molar-refractivity contribution in [1.82, 2.24) is 0 Å². The molecule has 112 valence electrons. The minimum atomic E-state index is -0.881. The van der Waals surface area contributed by atoms with Crippen molar-refractivity contribution < 1.29 is 15.0 Å². The van der Waals surface area contributed by atoms with E-state index in [9.17, 15) is 15.0 Å². The van der Waals surface area contributed by atoms with Crippen molar-refractivity contribution in [2.24, 2.45) is 5.41 Å². The Morgan fingerprint density at radius 1 is 1.38 bits per heavy atom. The number of allylic oxidation sites excluding steroid dienone is 1. The third-order valence-corrected chi connectivity index (χ3v) is 5.06. The summed E-state index contributed by atoms with van der Waals surface area (Å²) < 4.78 is 0. The van der Waals surface area contributed by atoms with E-state index in [0.717, 1.165) is 42.4 Å². The van der Waals surface area contributed by atoms with Gasteiger partial charge in [-0.1, -0.05) is 25.8 Å². The molecule has 0 fully saturated rings. The molecule has 2 atom stereocenters. The van der Waals surface area contributed by atoms with E-state index in [1.807, 2.05) is 13.0 Å². The molecule has 0 heterocycles. The maximum absolute atomic E-state index is 12.2. The summed E-state index contributed by atoms with van der Waals surface area (Å²) in [6, 6.07) is 5.41. The Bertz CT molecular complexity index is 629. The molecule has 3 rings (SSSR count). The van der Waals surface area contributed by atoms with E-state index in [-0.39, 0.29) is 16.9 Å². The number of Topliss-reactive ketones (excluding diaryl/α,β-unsaturated/α-hetero) is 1. The monoisotopic (exact) mass is 286 g/mol. The molecule has 0 saturated carbocycles. The number of aromatic hydroxyl groups is 1. The van der Waals surface area contributed by atoms with Gasteiger partial charge in [0.05, 0.1) is 0 Å². The van der Waals surface area contributed by atoms with Gasteiger partial charge < -0.3 is 10.2 Å². The van der Waals surface area contributed by atoms with Gasteiger partial charge in [-0.05, 0) is 60.6 Å². The molecule has 2 aliphatic rings. The van der Waals surface area contributed by atoms with Gasteiger partial charge in [0.1, 0.15) is 11.9 Å². The Balaban J connectivity index is 2.17. The van der Waals surface area contributed by atoms with Crippen molar-refractivity contribution in [2.75, 3.05) is 0 Å². The molecule has 3 heteroatoms. The van der Waals surface area contributed by atoms with Crippen LogP contribution in [0.25, 0.3) is 5.57 Å². The Hall–Kier alpha value is -1.61. The molecular formula is C18H22O3. The number of aliphatic hydroxyl groups is 1. The van der Waals surface area contributed by atoms with Crippen LogP contribution >= 0.6 is 0 Å². The first-order chi connectivity index (χ1) is 9.98. The Kier molecular flexibility index (Phi) is 3.40. The van der Waals surface area contributed by atoms with Crippen LogP contribution in [0.15, 0.2) is 23.8 Å². The van der Waals surface area contributed by atoms with E-state index < -0.39 is 6.10 Å². The molecular weight excluding hydrogens is 264 g/mol. The zero-order chi connectivity index (χ0) is 15.2. The lowest BCUT2D eigenvalue weighted by Crippen LogP contribution is -2.37. The number of hydrogen-bond donors (Lipinski definition) is 2. The fourth-order valence-corrected chi connectivity index (χ4v) is 4.15.